The monoisotopic (exact) mass is 273 g/mol. The standard InChI is InChI=1S/C15H19N3O2/c1-11-5-3-8-18-10-12(16-14(11)18)9-17-7-4-6-13(17)15(19)20-2/h3,5,8,10,13H,4,6-7,9H2,1-2H3. The molecule has 0 bridgehead atoms. The molecule has 1 aliphatic rings. The first-order valence-corrected chi connectivity index (χ1v) is 6.94. The largest absolute Gasteiger partial charge is 0.468 e. The summed E-state index contributed by atoms with van der Waals surface area (Å²) >= 11 is 0. The number of carbonyl (C=O) groups excluding carboxylic acids is 1. The Morgan fingerprint density at radius 1 is 1.55 bits per heavy atom. The Kier molecular flexibility index (Phi) is 3.44. The number of nitrogens with zero attached hydrogens (tertiary/aromatic N) is 3. The number of ether oxygens (including phenoxy) is 1. The Labute approximate surface area is 118 Å². The van der Waals surface area contributed by atoms with E-state index >= 15 is 0 Å². The molecule has 106 valence electrons. The summed E-state index contributed by atoms with van der Waals surface area (Å²) in [6.45, 7) is 3.67. The van der Waals surface area contributed by atoms with Crippen molar-refractivity contribution in [2.45, 2.75) is 32.4 Å². The van der Waals surface area contributed by atoms with Gasteiger partial charge in [0, 0.05) is 18.9 Å². The van der Waals surface area contributed by atoms with E-state index in [4.69, 9.17) is 4.74 Å². The number of rotatable bonds is 3. The lowest BCUT2D eigenvalue weighted by molar-refractivity contribution is -0.146. The molecule has 3 heterocycles. The molecule has 0 saturated carbocycles. The Morgan fingerprint density at radius 3 is 3.15 bits per heavy atom. The average molecular weight is 273 g/mol. The molecule has 5 nitrogen and oxygen atoms in total. The summed E-state index contributed by atoms with van der Waals surface area (Å²) < 4.78 is 6.91. The van der Waals surface area contributed by atoms with E-state index in [-0.39, 0.29) is 12.0 Å². The first-order chi connectivity index (χ1) is 9.69. The minimum atomic E-state index is -0.137. The second-order valence-electron chi connectivity index (χ2n) is 5.31. The molecule has 3 rings (SSSR count). The van der Waals surface area contributed by atoms with Crippen LogP contribution in [0.15, 0.2) is 24.5 Å². The summed E-state index contributed by atoms with van der Waals surface area (Å²) in [5, 5.41) is 0. The SMILES string of the molecule is COC(=O)C1CCCN1Cc1cn2cccc(C)c2n1. The number of hydrogen-bond donors (Lipinski definition) is 0. The smallest absolute Gasteiger partial charge is 0.323 e. The van der Waals surface area contributed by atoms with Gasteiger partial charge in [0.2, 0.25) is 0 Å². The normalized spacial score (nSPS) is 19.6. The minimum Gasteiger partial charge on any atom is -0.468 e. The van der Waals surface area contributed by atoms with Gasteiger partial charge in [0.15, 0.2) is 0 Å². The van der Waals surface area contributed by atoms with Crippen LogP contribution in [0.3, 0.4) is 0 Å². The highest BCUT2D eigenvalue weighted by Crippen LogP contribution is 2.21. The van der Waals surface area contributed by atoms with E-state index in [2.05, 4.69) is 22.9 Å². The van der Waals surface area contributed by atoms with Gasteiger partial charge in [-0.1, -0.05) is 6.07 Å². The zero-order valence-electron chi connectivity index (χ0n) is 11.9. The van der Waals surface area contributed by atoms with Crippen molar-refractivity contribution in [3.8, 4) is 0 Å². The van der Waals surface area contributed by atoms with Gasteiger partial charge < -0.3 is 9.14 Å². The Hall–Kier alpha value is -1.88. The van der Waals surface area contributed by atoms with Crippen LogP contribution >= 0.6 is 0 Å². The summed E-state index contributed by atoms with van der Waals surface area (Å²) in [4.78, 5) is 18.6. The van der Waals surface area contributed by atoms with Crippen LogP contribution in [-0.2, 0) is 16.1 Å². The number of pyridine rings is 1. The quantitative estimate of drug-likeness (QED) is 0.800. The van der Waals surface area contributed by atoms with Gasteiger partial charge >= 0.3 is 5.97 Å². The molecule has 2 aromatic rings. The van der Waals surface area contributed by atoms with E-state index in [9.17, 15) is 4.79 Å². The van der Waals surface area contributed by atoms with E-state index < -0.39 is 0 Å². The van der Waals surface area contributed by atoms with E-state index in [1.54, 1.807) is 0 Å². The highest BCUT2D eigenvalue weighted by molar-refractivity contribution is 5.75. The minimum absolute atomic E-state index is 0.120. The predicted molar refractivity (Wildman–Crippen MR) is 75.4 cm³/mol. The van der Waals surface area contributed by atoms with Crippen LogP contribution in [0.1, 0.15) is 24.1 Å². The Bertz CT molecular complexity index is 635. The number of carbonyl (C=O) groups is 1. The average Bonchev–Trinajstić information content (AvgIpc) is 3.05. The molecule has 2 aromatic heterocycles. The van der Waals surface area contributed by atoms with Gasteiger partial charge in [-0.3, -0.25) is 9.69 Å². The molecule has 1 fully saturated rings. The van der Waals surface area contributed by atoms with Crippen LogP contribution < -0.4 is 0 Å². The molecule has 1 unspecified atom stereocenters. The van der Waals surface area contributed by atoms with Gasteiger partial charge in [-0.15, -0.1) is 0 Å². The zero-order valence-corrected chi connectivity index (χ0v) is 11.9. The molecule has 20 heavy (non-hydrogen) atoms. The van der Waals surface area contributed by atoms with Gasteiger partial charge in [-0.25, -0.2) is 4.98 Å². The summed E-state index contributed by atoms with van der Waals surface area (Å²) in [6.07, 6.45) is 5.95. The molecule has 1 saturated heterocycles. The van der Waals surface area contributed by atoms with Crippen LogP contribution in [0.4, 0.5) is 0 Å². The maximum atomic E-state index is 11.8. The van der Waals surface area contributed by atoms with Crippen LogP contribution in [0, 0.1) is 6.92 Å². The number of fused-ring (bicyclic) bond motifs is 1. The molecule has 5 heteroatoms. The summed E-state index contributed by atoms with van der Waals surface area (Å²) in [5.41, 5.74) is 3.14. The summed E-state index contributed by atoms with van der Waals surface area (Å²) in [5.74, 6) is -0.137. The lowest BCUT2D eigenvalue weighted by atomic mass is 10.2. The van der Waals surface area contributed by atoms with Gasteiger partial charge in [0.25, 0.3) is 0 Å². The number of aryl methyl sites for hydroxylation is 1. The number of likely N-dealkylation sites (tertiary alicyclic amines) is 1. The lowest BCUT2D eigenvalue weighted by Crippen LogP contribution is -2.36. The van der Waals surface area contributed by atoms with Crippen molar-refractivity contribution in [1.82, 2.24) is 14.3 Å². The highest BCUT2D eigenvalue weighted by Gasteiger charge is 2.31. The van der Waals surface area contributed by atoms with Crippen molar-refractivity contribution in [2.75, 3.05) is 13.7 Å². The number of methoxy groups -OCH3 is 1. The topological polar surface area (TPSA) is 46.8 Å². The molecule has 0 radical (unpaired) electrons. The van der Waals surface area contributed by atoms with Crippen molar-refractivity contribution in [3.05, 3.63) is 35.8 Å². The van der Waals surface area contributed by atoms with E-state index in [0.29, 0.717) is 6.54 Å². The fourth-order valence-corrected chi connectivity index (χ4v) is 2.91. The molecular weight excluding hydrogens is 254 g/mol. The van der Waals surface area contributed by atoms with Crippen molar-refractivity contribution < 1.29 is 9.53 Å². The molecule has 1 atom stereocenters. The van der Waals surface area contributed by atoms with Crippen molar-refractivity contribution in [2.24, 2.45) is 0 Å². The molecule has 0 N–H and O–H groups in total. The number of hydrogen-bond acceptors (Lipinski definition) is 4. The summed E-state index contributed by atoms with van der Waals surface area (Å²) in [6, 6.07) is 3.95. The second kappa shape index (κ2) is 5.25. The molecule has 1 aliphatic heterocycles. The maximum Gasteiger partial charge on any atom is 0.323 e. The number of esters is 1. The molecule has 0 aliphatic carbocycles. The number of imidazole rings is 1. The lowest BCUT2D eigenvalue weighted by Gasteiger charge is -2.20. The number of aromatic nitrogens is 2. The van der Waals surface area contributed by atoms with Crippen LogP contribution in [0.5, 0.6) is 0 Å². The van der Waals surface area contributed by atoms with Crippen LogP contribution in [0.2, 0.25) is 0 Å². The van der Waals surface area contributed by atoms with E-state index in [1.165, 1.54) is 7.11 Å². The second-order valence-corrected chi connectivity index (χ2v) is 5.31. The fraction of sp³-hybridized carbons (Fsp3) is 0.467. The highest BCUT2D eigenvalue weighted by atomic mass is 16.5. The van der Waals surface area contributed by atoms with Gasteiger partial charge in [-0.2, -0.15) is 0 Å². The molecule has 0 amide bonds. The third-order valence-electron chi connectivity index (χ3n) is 3.93. The molecular formula is C15H19N3O2. The Morgan fingerprint density at radius 2 is 2.40 bits per heavy atom. The Balaban J connectivity index is 1.82. The van der Waals surface area contributed by atoms with Gasteiger partial charge in [0.1, 0.15) is 11.7 Å². The van der Waals surface area contributed by atoms with Gasteiger partial charge in [-0.05, 0) is 37.9 Å². The van der Waals surface area contributed by atoms with Gasteiger partial charge in [0.05, 0.1) is 12.8 Å². The van der Waals surface area contributed by atoms with Crippen molar-refractivity contribution in [1.29, 1.82) is 0 Å². The third kappa shape index (κ3) is 2.29. The third-order valence-corrected chi connectivity index (χ3v) is 3.93. The van der Waals surface area contributed by atoms with Crippen LogP contribution in [0.25, 0.3) is 5.65 Å². The van der Waals surface area contributed by atoms with E-state index in [0.717, 1.165) is 36.3 Å². The van der Waals surface area contributed by atoms with Crippen molar-refractivity contribution in [3.63, 3.8) is 0 Å². The maximum absolute atomic E-state index is 11.8. The van der Waals surface area contributed by atoms with E-state index in [1.807, 2.05) is 22.9 Å². The fourth-order valence-electron chi connectivity index (χ4n) is 2.91. The van der Waals surface area contributed by atoms with Crippen LogP contribution in [-0.4, -0.2) is 40.0 Å². The molecule has 0 spiro atoms. The predicted octanol–water partition coefficient (Wildman–Crippen LogP) is 1.78. The molecule has 0 aromatic carbocycles. The van der Waals surface area contributed by atoms with Crippen molar-refractivity contribution >= 4 is 11.6 Å². The first kappa shape index (κ1) is 13.1. The first-order valence-electron chi connectivity index (χ1n) is 6.94. The zero-order chi connectivity index (χ0) is 14.1. The summed E-state index contributed by atoms with van der Waals surface area (Å²) in [7, 11) is 1.45.